The van der Waals surface area contributed by atoms with Crippen LogP contribution in [0.2, 0.25) is 0 Å². The van der Waals surface area contributed by atoms with Gasteiger partial charge in [0.05, 0.1) is 4.92 Å². The Morgan fingerprint density at radius 1 is 1.26 bits per heavy atom. The molecule has 0 bridgehead atoms. The molecular weight excluding hydrogens is 359 g/mol. The number of carbonyl (C=O) groups excluding carboxylic acids is 1. The van der Waals surface area contributed by atoms with E-state index >= 15 is 0 Å². The lowest BCUT2D eigenvalue weighted by Crippen LogP contribution is -2.24. The molecule has 1 amide bonds. The first-order valence-electron chi connectivity index (χ1n) is 7.71. The monoisotopic (exact) mass is 374 g/mol. The maximum absolute atomic E-state index is 13.9. The van der Waals surface area contributed by atoms with Gasteiger partial charge in [-0.3, -0.25) is 10.1 Å². The molecule has 0 aromatic heterocycles. The van der Waals surface area contributed by atoms with E-state index in [1.54, 1.807) is 12.1 Å². The molecule has 0 atom stereocenters. The first-order valence-corrected chi connectivity index (χ1v) is 7.71. The Kier molecular flexibility index (Phi) is 6.59. The Labute approximate surface area is 153 Å². The van der Waals surface area contributed by atoms with Crippen LogP contribution < -0.4 is 5.32 Å². The first-order chi connectivity index (χ1) is 12.9. The molecule has 27 heavy (non-hydrogen) atoms. The number of nitrogens with one attached hydrogen (secondary N) is 1. The van der Waals surface area contributed by atoms with Gasteiger partial charge in [0.25, 0.3) is 5.69 Å². The van der Waals surface area contributed by atoms with Crippen LogP contribution in [0, 0.1) is 15.9 Å². The number of ether oxygens (including phenoxy) is 1. The number of hydrogen-bond donors (Lipinski definition) is 2. The van der Waals surface area contributed by atoms with Crippen LogP contribution in [-0.4, -0.2) is 28.6 Å². The molecule has 0 heterocycles. The Balaban J connectivity index is 1.93. The van der Waals surface area contributed by atoms with E-state index in [1.807, 2.05) is 18.2 Å². The van der Waals surface area contributed by atoms with Crippen molar-refractivity contribution >= 4 is 23.8 Å². The minimum atomic E-state index is -1.60. The molecule has 0 saturated heterocycles. The molecule has 2 N–H and O–H groups in total. The van der Waals surface area contributed by atoms with Crippen LogP contribution >= 0.6 is 0 Å². The Morgan fingerprint density at radius 3 is 2.59 bits per heavy atom. The number of hydrogen-bond acceptors (Lipinski definition) is 5. The molecule has 0 aliphatic heterocycles. The van der Waals surface area contributed by atoms with Crippen LogP contribution in [0.3, 0.4) is 0 Å². The zero-order valence-electron chi connectivity index (χ0n) is 13.9. The molecule has 0 spiro atoms. The summed E-state index contributed by atoms with van der Waals surface area (Å²) in [6.45, 7) is 0.0788. The topological polar surface area (TPSA) is 119 Å². The fourth-order valence-electron chi connectivity index (χ4n) is 2.13. The number of amides is 1. The van der Waals surface area contributed by atoms with Gasteiger partial charge in [0.1, 0.15) is 18.0 Å². The summed E-state index contributed by atoms with van der Waals surface area (Å²) >= 11 is 0. The number of alkyl carbamates (subject to hydrolysis) is 1. The van der Waals surface area contributed by atoms with Crippen molar-refractivity contribution in [2.75, 3.05) is 6.54 Å². The van der Waals surface area contributed by atoms with Crippen LogP contribution in [0.4, 0.5) is 14.9 Å². The Hall–Kier alpha value is -3.75. The van der Waals surface area contributed by atoms with E-state index in [4.69, 9.17) is 9.84 Å². The summed E-state index contributed by atoms with van der Waals surface area (Å²) in [7, 11) is 0. The van der Waals surface area contributed by atoms with E-state index in [0.29, 0.717) is 6.07 Å². The molecule has 9 heteroatoms. The van der Waals surface area contributed by atoms with Crippen LogP contribution in [0.15, 0.2) is 48.5 Å². The number of carboxylic acid groups (broad SMARTS) is 1. The van der Waals surface area contributed by atoms with Crippen molar-refractivity contribution in [1.82, 2.24) is 5.32 Å². The number of benzene rings is 2. The van der Waals surface area contributed by atoms with Crippen LogP contribution in [0.25, 0.3) is 6.08 Å². The highest BCUT2D eigenvalue weighted by atomic mass is 19.1. The molecule has 0 aliphatic carbocycles. The zero-order valence-corrected chi connectivity index (χ0v) is 13.9. The zero-order chi connectivity index (χ0) is 19.8. The van der Waals surface area contributed by atoms with Gasteiger partial charge < -0.3 is 15.2 Å². The molecule has 0 saturated carbocycles. The Bertz CT molecular complexity index is 883. The fourth-order valence-corrected chi connectivity index (χ4v) is 2.13. The summed E-state index contributed by atoms with van der Waals surface area (Å²) in [5, 5.41) is 22.2. The van der Waals surface area contributed by atoms with Gasteiger partial charge in [-0.1, -0.05) is 42.5 Å². The van der Waals surface area contributed by atoms with Crippen LogP contribution in [0.5, 0.6) is 0 Å². The summed E-state index contributed by atoms with van der Waals surface area (Å²) in [6.07, 6.45) is 1.87. The van der Waals surface area contributed by atoms with Crippen molar-refractivity contribution in [3.63, 3.8) is 0 Å². The second-order valence-corrected chi connectivity index (χ2v) is 5.30. The minimum absolute atomic E-state index is 0.0124. The number of rotatable bonds is 7. The van der Waals surface area contributed by atoms with Crippen molar-refractivity contribution < 1.29 is 28.7 Å². The third kappa shape index (κ3) is 5.63. The number of nitrogens with zero attached hydrogens (tertiary/aromatic N) is 1. The smallest absolute Gasteiger partial charge is 0.407 e. The van der Waals surface area contributed by atoms with E-state index in [0.717, 1.165) is 11.6 Å². The number of aromatic carboxylic acids is 1. The predicted molar refractivity (Wildman–Crippen MR) is 93.7 cm³/mol. The standard InChI is InChI=1S/C18H15FN2O6/c19-15-10-14(17(22)23)16(21(25)26)9-13(15)7-4-8-20-18(24)27-11-12-5-2-1-3-6-12/h1-7,9-10H,8,11H2,(H,20,24)(H,22,23). The van der Waals surface area contributed by atoms with E-state index in [2.05, 4.69) is 5.32 Å². The largest absolute Gasteiger partial charge is 0.477 e. The van der Waals surface area contributed by atoms with Crippen molar-refractivity contribution in [2.24, 2.45) is 0 Å². The normalized spacial score (nSPS) is 10.6. The molecular formula is C18H15FN2O6. The first kappa shape index (κ1) is 19.6. The van der Waals surface area contributed by atoms with Gasteiger partial charge in [-0.15, -0.1) is 0 Å². The molecule has 140 valence electrons. The van der Waals surface area contributed by atoms with Crippen molar-refractivity contribution in [2.45, 2.75) is 6.61 Å². The molecule has 2 rings (SSSR count). The lowest BCUT2D eigenvalue weighted by Gasteiger charge is -2.05. The summed E-state index contributed by atoms with van der Waals surface area (Å²) in [4.78, 5) is 32.5. The van der Waals surface area contributed by atoms with Gasteiger partial charge in [0.15, 0.2) is 0 Å². The lowest BCUT2D eigenvalue weighted by molar-refractivity contribution is -0.385. The van der Waals surface area contributed by atoms with Crippen molar-refractivity contribution in [1.29, 1.82) is 0 Å². The number of carboxylic acids is 1. The average Bonchev–Trinajstić information content (AvgIpc) is 2.64. The van der Waals surface area contributed by atoms with Gasteiger partial charge in [-0.05, 0) is 11.6 Å². The van der Waals surface area contributed by atoms with Crippen LogP contribution in [-0.2, 0) is 11.3 Å². The third-order valence-corrected chi connectivity index (χ3v) is 3.42. The molecule has 0 aliphatic rings. The van der Waals surface area contributed by atoms with Crippen LogP contribution in [0.1, 0.15) is 21.5 Å². The second kappa shape index (κ2) is 9.09. The molecule has 0 unspecified atom stereocenters. The van der Waals surface area contributed by atoms with E-state index in [9.17, 15) is 24.1 Å². The number of nitro benzene ring substituents is 1. The van der Waals surface area contributed by atoms with Gasteiger partial charge in [0, 0.05) is 18.2 Å². The highest BCUT2D eigenvalue weighted by molar-refractivity contribution is 5.92. The van der Waals surface area contributed by atoms with Gasteiger partial charge in [-0.2, -0.15) is 0 Å². The summed E-state index contributed by atoms with van der Waals surface area (Å²) in [5.74, 6) is -2.53. The van der Waals surface area contributed by atoms with Gasteiger partial charge in [0.2, 0.25) is 0 Å². The predicted octanol–water partition coefficient (Wildman–Crippen LogP) is 3.37. The molecule has 2 aromatic carbocycles. The molecule has 0 fully saturated rings. The number of nitro groups is 1. The van der Waals surface area contributed by atoms with Gasteiger partial charge in [-0.25, -0.2) is 14.0 Å². The third-order valence-electron chi connectivity index (χ3n) is 3.42. The minimum Gasteiger partial charge on any atom is -0.477 e. The molecule has 0 radical (unpaired) electrons. The van der Waals surface area contributed by atoms with E-state index in [1.165, 1.54) is 12.2 Å². The fraction of sp³-hybridized carbons (Fsp3) is 0.111. The summed E-state index contributed by atoms with van der Waals surface area (Å²) in [6, 6.07) is 10.4. The maximum Gasteiger partial charge on any atom is 0.407 e. The quantitative estimate of drug-likeness (QED) is 0.566. The average molecular weight is 374 g/mol. The summed E-state index contributed by atoms with van der Waals surface area (Å²) in [5.41, 5.74) is -0.821. The number of carbonyl (C=O) groups is 2. The number of halogens is 1. The Morgan fingerprint density at radius 2 is 1.96 bits per heavy atom. The SMILES string of the molecule is O=C(NCC=Cc1cc([N+](=O)[O-])c(C(=O)O)cc1F)OCc1ccccc1. The highest BCUT2D eigenvalue weighted by Gasteiger charge is 2.22. The maximum atomic E-state index is 13.9. The summed E-state index contributed by atoms with van der Waals surface area (Å²) < 4.78 is 18.9. The molecule has 2 aromatic rings. The van der Waals surface area contributed by atoms with Crippen molar-refractivity contribution in [3.05, 3.63) is 81.2 Å². The van der Waals surface area contributed by atoms with Gasteiger partial charge >= 0.3 is 12.1 Å². The highest BCUT2D eigenvalue weighted by Crippen LogP contribution is 2.24. The van der Waals surface area contributed by atoms with Crippen molar-refractivity contribution in [3.8, 4) is 0 Å². The lowest BCUT2D eigenvalue weighted by atomic mass is 10.1. The second-order valence-electron chi connectivity index (χ2n) is 5.30. The molecule has 8 nitrogen and oxygen atoms in total. The van der Waals surface area contributed by atoms with E-state index < -0.39 is 34.1 Å². The van der Waals surface area contributed by atoms with E-state index in [-0.39, 0.29) is 18.7 Å².